The molecule has 3 rings (SSSR count). The highest BCUT2D eigenvalue weighted by Crippen LogP contribution is 2.29. The first kappa shape index (κ1) is 18.9. The van der Waals surface area contributed by atoms with Gasteiger partial charge < -0.3 is 9.84 Å². The smallest absolute Gasteiger partial charge is 0.449 e. The lowest BCUT2D eigenvalue weighted by molar-refractivity contribution is 0.144. The highest BCUT2D eigenvalue weighted by molar-refractivity contribution is 6.30. The van der Waals surface area contributed by atoms with Crippen molar-refractivity contribution in [3.8, 4) is 28.3 Å². The van der Waals surface area contributed by atoms with Crippen LogP contribution in [0, 0.1) is 5.92 Å². The third-order valence-corrected chi connectivity index (χ3v) is 4.29. The predicted octanol–water partition coefficient (Wildman–Crippen LogP) is 6.32. The van der Waals surface area contributed by atoms with E-state index in [2.05, 4.69) is 31.0 Å². The predicted molar refractivity (Wildman–Crippen MR) is 107 cm³/mol. The van der Waals surface area contributed by atoms with Gasteiger partial charge in [-0.1, -0.05) is 61.8 Å². The molecule has 4 nitrogen and oxygen atoms in total. The summed E-state index contributed by atoms with van der Waals surface area (Å²) in [5.74, 6) is 0.807. The highest BCUT2D eigenvalue weighted by Gasteiger charge is 2.11. The van der Waals surface area contributed by atoms with Gasteiger partial charge in [0.25, 0.3) is 0 Å². The van der Waals surface area contributed by atoms with Crippen LogP contribution in [0.5, 0.6) is 5.75 Å². The van der Waals surface area contributed by atoms with E-state index in [1.54, 1.807) is 24.3 Å². The Morgan fingerprint density at radius 2 is 1.52 bits per heavy atom. The third-order valence-electron chi connectivity index (χ3n) is 4.04. The van der Waals surface area contributed by atoms with Crippen molar-refractivity contribution in [2.45, 2.75) is 20.3 Å². The molecule has 0 amide bonds. The normalized spacial score (nSPS) is 10.8. The van der Waals surface area contributed by atoms with E-state index in [0.29, 0.717) is 22.3 Å². The van der Waals surface area contributed by atoms with E-state index in [1.165, 1.54) is 5.56 Å². The van der Waals surface area contributed by atoms with Crippen LogP contribution in [-0.4, -0.2) is 16.2 Å². The molecule has 0 spiro atoms. The molecule has 0 aliphatic rings. The highest BCUT2D eigenvalue weighted by atomic mass is 35.5. The SMILES string of the molecule is CC(C)Cc1ccc(-c2cc(OC(=O)O)cc(-c3ccc(Cl)cc3)n2)cc1. The summed E-state index contributed by atoms with van der Waals surface area (Å²) in [6.07, 6.45) is -0.354. The fourth-order valence-electron chi connectivity index (χ4n) is 2.86. The van der Waals surface area contributed by atoms with E-state index in [9.17, 15) is 4.79 Å². The van der Waals surface area contributed by atoms with Crippen LogP contribution in [0.2, 0.25) is 5.02 Å². The summed E-state index contributed by atoms with van der Waals surface area (Å²) in [6.45, 7) is 4.36. The summed E-state index contributed by atoms with van der Waals surface area (Å²) in [4.78, 5) is 15.7. The number of carboxylic acid groups (broad SMARTS) is 1. The quantitative estimate of drug-likeness (QED) is 0.525. The number of carbonyl (C=O) groups is 1. The van der Waals surface area contributed by atoms with Crippen molar-refractivity contribution < 1.29 is 14.6 Å². The van der Waals surface area contributed by atoms with Crippen LogP contribution in [0.25, 0.3) is 22.5 Å². The van der Waals surface area contributed by atoms with Crippen molar-refractivity contribution in [1.29, 1.82) is 0 Å². The fraction of sp³-hybridized carbons (Fsp3) is 0.182. The number of hydrogen-bond donors (Lipinski definition) is 1. The lowest BCUT2D eigenvalue weighted by Gasteiger charge is -2.10. The van der Waals surface area contributed by atoms with Gasteiger partial charge >= 0.3 is 6.16 Å². The number of benzene rings is 2. The van der Waals surface area contributed by atoms with E-state index in [-0.39, 0.29) is 5.75 Å². The van der Waals surface area contributed by atoms with Crippen molar-refractivity contribution in [1.82, 2.24) is 4.98 Å². The second-order valence-electron chi connectivity index (χ2n) is 6.74. The summed E-state index contributed by atoms with van der Waals surface area (Å²) in [5.41, 5.74) is 4.24. The first-order valence-corrected chi connectivity index (χ1v) is 9.06. The first-order chi connectivity index (χ1) is 12.9. The maximum Gasteiger partial charge on any atom is 0.511 e. The number of pyridine rings is 1. The van der Waals surface area contributed by atoms with Crippen LogP contribution in [0.4, 0.5) is 4.79 Å². The Morgan fingerprint density at radius 1 is 1.00 bits per heavy atom. The summed E-state index contributed by atoms with van der Waals surface area (Å²) < 4.78 is 4.89. The van der Waals surface area contributed by atoms with Crippen LogP contribution < -0.4 is 4.74 Å². The Labute approximate surface area is 163 Å². The Bertz CT molecular complexity index is 935. The second kappa shape index (κ2) is 8.23. The van der Waals surface area contributed by atoms with Gasteiger partial charge in [0.2, 0.25) is 0 Å². The van der Waals surface area contributed by atoms with Crippen LogP contribution in [0.1, 0.15) is 19.4 Å². The third kappa shape index (κ3) is 5.08. The molecule has 27 heavy (non-hydrogen) atoms. The molecule has 2 aromatic carbocycles. The zero-order valence-electron chi connectivity index (χ0n) is 15.1. The van der Waals surface area contributed by atoms with Gasteiger partial charge in [0.15, 0.2) is 0 Å². The number of nitrogens with zero attached hydrogens (tertiary/aromatic N) is 1. The maximum absolute atomic E-state index is 11.0. The summed E-state index contributed by atoms with van der Waals surface area (Å²) in [5, 5.41) is 9.61. The maximum atomic E-state index is 11.0. The van der Waals surface area contributed by atoms with Crippen molar-refractivity contribution >= 4 is 17.8 Å². The number of hydrogen-bond acceptors (Lipinski definition) is 3. The Kier molecular flexibility index (Phi) is 5.77. The van der Waals surface area contributed by atoms with Crippen molar-refractivity contribution in [3.63, 3.8) is 0 Å². The minimum Gasteiger partial charge on any atom is -0.449 e. The van der Waals surface area contributed by atoms with Gasteiger partial charge in [0.05, 0.1) is 11.4 Å². The van der Waals surface area contributed by atoms with Crippen molar-refractivity contribution in [2.75, 3.05) is 0 Å². The molecular formula is C22H20ClNO3. The Balaban J connectivity index is 2.01. The summed E-state index contributed by atoms with van der Waals surface area (Å²) in [7, 11) is 0. The molecule has 0 saturated carbocycles. The van der Waals surface area contributed by atoms with Crippen molar-refractivity contribution in [2.24, 2.45) is 5.92 Å². The zero-order chi connectivity index (χ0) is 19.4. The largest absolute Gasteiger partial charge is 0.511 e. The van der Waals surface area contributed by atoms with Crippen LogP contribution in [-0.2, 0) is 6.42 Å². The zero-order valence-corrected chi connectivity index (χ0v) is 15.9. The van der Waals surface area contributed by atoms with Gasteiger partial charge in [0.1, 0.15) is 5.75 Å². The number of aromatic nitrogens is 1. The number of halogens is 1. The molecule has 0 fully saturated rings. The fourth-order valence-corrected chi connectivity index (χ4v) is 2.99. The van der Waals surface area contributed by atoms with Crippen LogP contribution >= 0.6 is 11.6 Å². The molecule has 0 radical (unpaired) electrons. The first-order valence-electron chi connectivity index (χ1n) is 8.69. The molecule has 5 heteroatoms. The topological polar surface area (TPSA) is 59.4 Å². The van der Waals surface area contributed by atoms with E-state index in [1.807, 2.05) is 24.3 Å². The molecular weight excluding hydrogens is 362 g/mol. The van der Waals surface area contributed by atoms with Crippen molar-refractivity contribution in [3.05, 3.63) is 71.2 Å². The van der Waals surface area contributed by atoms with E-state index in [0.717, 1.165) is 17.5 Å². The standard InChI is InChI=1S/C22H20ClNO3/c1-14(2)11-15-3-5-16(6-4-15)20-12-19(27-22(25)26)13-21(24-20)17-7-9-18(23)10-8-17/h3-10,12-14H,11H2,1-2H3,(H,25,26). The van der Waals surface area contributed by atoms with E-state index < -0.39 is 6.16 Å². The molecule has 1 heterocycles. The van der Waals surface area contributed by atoms with Gasteiger partial charge in [-0.3, -0.25) is 0 Å². The molecule has 1 N–H and O–H groups in total. The summed E-state index contributed by atoms with van der Waals surface area (Å²) in [6, 6.07) is 18.6. The molecule has 0 aliphatic carbocycles. The molecule has 1 aromatic heterocycles. The van der Waals surface area contributed by atoms with Crippen LogP contribution in [0.3, 0.4) is 0 Å². The molecule has 0 atom stereocenters. The lowest BCUT2D eigenvalue weighted by Crippen LogP contribution is -2.04. The molecule has 0 bridgehead atoms. The number of ether oxygens (including phenoxy) is 1. The monoisotopic (exact) mass is 381 g/mol. The molecule has 0 saturated heterocycles. The molecule has 0 aliphatic heterocycles. The number of rotatable bonds is 5. The van der Waals surface area contributed by atoms with Crippen LogP contribution in [0.15, 0.2) is 60.7 Å². The lowest BCUT2D eigenvalue weighted by atomic mass is 10.0. The minimum atomic E-state index is -1.36. The van der Waals surface area contributed by atoms with Gasteiger partial charge in [-0.2, -0.15) is 0 Å². The average Bonchev–Trinajstić information content (AvgIpc) is 2.61. The van der Waals surface area contributed by atoms with E-state index >= 15 is 0 Å². The Hall–Kier alpha value is -2.85. The second-order valence-corrected chi connectivity index (χ2v) is 7.18. The van der Waals surface area contributed by atoms with Gasteiger partial charge in [-0.05, 0) is 30.0 Å². The molecule has 0 unspecified atom stereocenters. The molecule has 138 valence electrons. The Morgan fingerprint density at radius 3 is 2.00 bits per heavy atom. The van der Waals surface area contributed by atoms with E-state index in [4.69, 9.17) is 21.4 Å². The molecule has 3 aromatic rings. The average molecular weight is 382 g/mol. The van der Waals surface area contributed by atoms with Gasteiger partial charge in [0, 0.05) is 28.3 Å². The summed E-state index contributed by atoms with van der Waals surface area (Å²) >= 11 is 5.95. The van der Waals surface area contributed by atoms with Gasteiger partial charge in [-0.15, -0.1) is 0 Å². The minimum absolute atomic E-state index is 0.226. The van der Waals surface area contributed by atoms with Gasteiger partial charge in [-0.25, -0.2) is 9.78 Å².